The number of aryl methyl sites for hydroxylation is 1. The summed E-state index contributed by atoms with van der Waals surface area (Å²) in [6, 6.07) is 4.94. The predicted molar refractivity (Wildman–Crippen MR) is 104 cm³/mol. The van der Waals surface area contributed by atoms with Crippen molar-refractivity contribution in [1.82, 2.24) is 24.9 Å². The van der Waals surface area contributed by atoms with Crippen LogP contribution in [0.15, 0.2) is 36.8 Å². The van der Waals surface area contributed by atoms with E-state index in [-0.39, 0.29) is 17.8 Å². The fourth-order valence-electron chi connectivity index (χ4n) is 3.43. The lowest BCUT2D eigenvalue weighted by Gasteiger charge is -2.16. The molecule has 1 atom stereocenters. The van der Waals surface area contributed by atoms with Crippen molar-refractivity contribution in [2.24, 2.45) is 0 Å². The number of hydrogen-bond donors (Lipinski definition) is 1. The quantitative estimate of drug-likeness (QED) is 0.709. The second-order valence-corrected chi connectivity index (χ2v) is 7.19. The average molecular weight is 382 g/mol. The summed E-state index contributed by atoms with van der Waals surface area (Å²) in [4.78, 5) is 23.7. The first kappa shape index (κ1) is 18.3. The maximum atomic E-state index is 12.9. The molecule has 28 heavy (non-hydrogen) atoms. The summed E-state index contributed by atoms with van der Waals surface area (Å²) >= 11 is 0. The third-order valence-corrected chi connectivity index (χ3v) is 5.03. The van der Waals surface area contributed by atoms with Crippen LogP contribution in [0.5, 0.6) is 0 Å². The lowest BCUT2D eigenvalue weighted by Crippen LogP contribution is -2.33. The molecule has 0 radical (unpaired) electrons. The van der Waals surface area contributed by atoms with Gasteiger partial charge in [-0.25, -0.2) is 13.9 Å². The Balaban J connectivity index is 1.42. The van der Waals surface area contributed by atoms with E-state index in [4.69, 9.17) is 0 Å². The zero-order valence-electron chi connectivity index (χ0n) is 15.8. The third kappa shape index (κ3) is 3.95. The lowest BCUT2D eigenvalue weighted by molar-refractivity contribution is 0.0940. The predicted octanol–water partition coefficient (Wildman–Crippen LogP) is 2.61. The summed E-state index contributed by atoms with van der Waals surface area (Å²) in [5.74, 6) is 0.342. The minimum absolute atomic E-state index is 0.0592. The molecule has 0 saturated carbocycles. The van der Waals surface area contributed by atoms with Crippen molar-refractivity contribution in [1.29, 1.82) is 0 Å². The number of nitrogens with zero attached hydrogens (tertiary/aromatic N) is 5. The molecule has 3 aromatic rings. The molecule has 1 amide bonds. The Kier molecular flexibility index (Phi) is 5.18. The monoisotopic (exact) mass is 382 g/mol. The molecule has 4 rings (SSSR count). The van der Waals surface area contributed by atoms with Crippen LogP contribution in [-0.2, 0) is 6.42 Å². The molecule has 1 saturated heterocycles. The molecule has 4 heterocycles. The molecule has 8 heteroatoms. The number of amides is 1. The van der Waals surface area contributed by atoms with Gasteiger partial charge in [0.15, 0.2) is 5.65 Å². The first-order valence-corrected chi connectivity index (χ1v) is 9.61. The van der Waals surface area contributed by atoms with E-state index in [0.29, 0.717) is 24.1 Å². The SMILES string of the molecule is CC(CCc1ccc(F)cn1)NC(=O)c1cnn2ccc(N3CCCC3)nc12. The maximum Gasteiger partial charge on any atom is 0.256 e. The van der Waals surface area contributed by atoms with Crippen molar-refractivity contribution in [3.63, 3.8) is 0 Å². The highest BCUT2D eigenvalue weighted by molar-refractivity contribution is 5.99. The van der Waals surface area contributed by atoms with Crippen LogP contribution in [0.25, 0.3) is 5.65 Å². The van der Waals surface area contributed by atoms with E-state index in [9.17, 15) is 9.18 Å². The van der Waals surface area contributed by atoms with Crippen molar-refractivity contribution in [3.8, 4) is 0 Å². The van der Waals surface area contributed by atoms with E-state index in [1.807, 2.05) is 19.2 Å². The smallest absolute Gasteiger partial charge is 0.256 e. The van der Waals surface area contributed by atoms with Gasteiger partial charge >= 0.3 is 0 Å². The highest BCUT2D eigenvalue weighted by Gasteiger charge is 2.19. The van der Waals surface area contributed by atoms with E-state index in [0.717, 1.165) is 24.6 Å². The van der Waals surface area contributed by atoms with Crippen LogP contribution in [0.4, 0.5) is 10.2 Å². The number of halogens is 1. The molecule has 0 bridgehead atoms. The van der Waals surface area contributed by atoms with Crippen molar-refractivity contribution < 1.29 is 9.18 Å². The molecular weight excluding hydrogens is 359 g/mol. The molecule has 146 valence electrons. The molecule has 1 unspecified atom stereocenters. The number of nitrogens with one attached hydrogen (secondary N) is 1. The molecule has 1 N–H and O–H groups in total. The van der Waals surface area contributed by atoms with Gasteiger partial charge in [0, 0.05) is 31.0 Å². The minimum atomic E-state index is -0.348. The van der Waals surface area contributed by atoms with Crippen molar-refractivity contribution in [2.75, 3.05) is 18.0 Å². The van der Waals surface area contributed by atoms with Crippen LogP contribution in [0, 0.1) is 5.82 Å². The maximum absolute atomic E-state index is 12.9. The van der Waals surface area contributed by atoms with Gasteiger partial charge in [-0.1, -0.05) is 0 Å². The molecule has 0 aromatic carbocycles. The number of carbonyl (C=O) groups excluding carboxylic acids is 1. The second-order valence-electron chi connectivity index (χ2n) is 7.19. The zero-order valence-corrected chi connectivity index (χ0v) is 15.8. The van der Waals surface area contributed by atoms with E-state index in [1.54, 1.807) is 16.8 Å². The Bertz CT molecular complexity index is 964. The summed E-state index contributed by atoms with van der Waals surface area (Å²) < 4.78 is 14.6. The van der Waals surface area contributed by atoms with Gasteiger partial charge in [0.1, 0.15) is 17.2 Å². The number of rotatable bonds is 6. The highest BCUT2D eigenvalue weighted by Crippen LogP contribution is 2.19. The van der Waals surface area contributed by atoms with E-state index < -0.39 is 0 Å². The molecular formula is C20H23FN6O. The number of fused-ring (bicyclic) bond motifs is 1. The van der Waals surface area contributed by atoms with Gasteiger partial charge in [0.2, 0.25) is 0 Å². The molecule has 7 nitrogen and oxygen atoms in total. The summed E-state index contributed by atoms with van der Waals surface area (Å²) in [7, 11) is 0. The van der Waals surface area contributed by atoms with Crippen LogP contribution >= 0.6 is 0 Å². The van der Waals surface area contributed by atoms with Crippen molar-refractivity contribution >= 4 is 17.4 Å². The third-order valence-electron chi connectivity index (χ3n) is 5.03. The number of aromatic nitrogens is 4. The number of hydrogen-bond acceptors (Lipinski definition) is 5. The standard InChI is InChI=1S/C20H23FN6O/c1-14(4-6-16-7-5-15(21)12-22-16)24-20(28)17-13-23-27-11-8-18(25-19(17)27)26-9-2-3-10-26/h5,7-8,11-14H,2-4,6,9-10H2,1H3,(H,24,28). The fraction of sp³-hybridized carbons (Fsp3) is 0.400. The van der Waals surface area contributed by atoms with Crippen LogP contribution < -0.4 is 10.2 Å². The minimum Gasteiger partial charge on any atom is -0.357 e. The molecule has 1 fully saturated rings. The van der Waals surface area contributed by atoms with Gasteiger partial charge < -0.3 is 10.2 Å². The number of anilines is 1. The van der Waals surface area contributed by atoms with E-state index >= 15 is 0 Å². The normalized spacial score (nSPS) is 15.1. The topological polar surface area (TPSA) is 75.4 Å². The van der Waals surface area contributed by atoms with E-state index in [2.05, 4.69) is 25.3 Å². The van der Waals surface area contributed by atoms with Gasteiger partial charge in [0.25, 0.3) is 5.91 Å². The summed E-state index contributed by atoms with van der Waals surface area (Å²) in [6.45, 7) is 3.93. The van der Waals surface area contributed by atoms with Crippen LogP contribution in [0.2, 0.25) is 0 Å². The summed E-state index contributed by atoms with van der Waals surface area (Å²) in [5, 5.41) is 7.24. The fourth-order valence-corrected chi connectivity index (χ4v) is 3.43. The van der Waals surface area contributed by atoms with Gasteiger partial charge in [-0.15, -0.1) is 0 Å². The molecule has 0 aliphatic carbocycles. The highest BCUT2D eigenvalue weighted by atomic mass is 19.1. The number of pyridine rings is 1. The number of carbonyl (C=O) groups is 1. The van der Waals surface area contributed by atoms with Crippen molar-refractivity contribution in [2.45, 2.75) is 38.6 Å². The van der Waals surface area contributed by atoms with Gasteiger partial charge in [-0.3, -0.25) is 9.78 Å². The van der Waals surface area contributed by atoms with Crippen LogP contribution in [0.3, 0.4) is 0 Å². The molecule has 1 aliphatic rings. The van der Waals surface area contributed by atoms with Gasteiger partial charge in [-0.05, 0) is 50.8 Å². The average Bonchev–Trinajstić information content (AvgIpc) is 3.37. The van der Waals surface area contributed by atoms with Gasteiger partial charge in [-0.2, -0.15) is 5.10 Å². The van der Waals surface area contributed by atoms with E-state index in [1.165, 1.54) is 25.1 Å². The van der Waals surface area contributed by atoms with Crippen LogP contribution in [0.1, 0.15) is 42.2 Å². The van der Waals surface area contributed by atoms with Crippen LogP contribution in [-0.4, -0.2) is 44.6 Å². The Morgan fingerprint density at radius 2 is 2.07 bits per heavy atom. The first-order chi connectivity index (χ1) is 13.6. The lowest BCUT2D eigenvalue weighted by atomic mass is 10.1. The Hall–Kier alpha value is -3.03. The van der Waals surface area contributed by atoms with Gasteiger partial charge in [0.05, 0.1) is 12.4 Å². The molecule has 1 aliphatic heterocycles. The summed E-state index contributed by atoms with van der Waals surface area (Å²) in [6.07, 6.45) is 8.31. The molecule has 3 aromatic heterocycles. The summed E-state index contributed by atoms with van der Waals surface area (Å²) in [5.41, 5.74) is 1.83. The van der Waals surface area contributed by atoms with Crippen molar-refractivity contribution in [3.05, 3.63) is 53.9 Å². The zero-order chi connectivity index (χ0) is 19.5. The molecule has 0 spiro atoms. The second kappa shape index (κ2) is 7.92. The largest absolute Gasteiger partial charge is 0.357 e. The first-order valence-electron chi connectivity index (χ1n) is 9.61. The Morgan fingerprint density at radius 1 is 1.25 bits per heavy atom. The Labute approximate surface area is 162 Å². The Morgan fingerprint density at radius 3 is 2.82 bits per heavy atom.